The van der Waals surface area contributed by atoms with Crippen LogP contribution in [0.4, 0.5) is 0 Å². The van der Waals surface area contributed by atoms with Crippen LogP contribution in [0, 0.1) is 0 Å². The lowest BCUT2D eigenvalue weighted by Crippen LogP contribution is -2.29. The number of fused-ring (bicyclic) bond motifs is 2. The fraction of sp³-hybridized carbons (Fsp3) is 0.700. The molecule has 0 aliphatic carbocycles. The Morgan fingerprint density at radius 1 is 0.533 bits per heavy atom. The number of rotatable bonds is 10. The second-order valence-corrected chi connectivity index (χ2v) is 19.3. The van der Waals surface area contributed by atoms with Gasteiger partial charge >= 0.3 is 0 Å². The van der Waals surface area contributed by atoms with Gasteiger partial charge in [-0.1, -0.05) is 107 Å². The Hall–Kier alpha value is -2.01. The average molecular weight is 639 g/mol. The van der Waals surface area contributed by atoms with Crippen molar-refractivity contribution in [3.05, 3.63) is 57.6 Å². The molecule has 4 atom stereocenters. The van der Waals surface area contributed by atoms with Crippen LogP contribution >= 0.6 is 0 Å². The van der Waals surface area contributed by atoms with E-state index in [2.05, 4.69) is 107 Å². The van der Waals surface area contributed by atoms with Gasteiger partial charge in [0.05, 0.1) is 10.5 Å². The van der Waals surface area contributed by atoms with E-state index in [1.54, 1.807) is 0 Å². The molecule has 2 bridgehead atoms. The molecule has 0 aromatic heterocycles. The van der Waals surface area contributed by atoms with Crippen molar-refractivity contribution in [1.29, 1.82) is 0 Å². The van der Waals surface area contributed by atoms with Gasteiger partial charge in [-0.25, -0.2) is 8.42 Å². The van der Waals surface area contributed by atoms with Crippen LogP contribution in [-0.4, -0.2) is 29.1 Å². The molecule has 2 saturated heterocycles. The second kappa shape index (κ2) is 12.2. The Kier molecular flexibility index (Phi) is 9.73. The predicted octanol–water partition coefficient (Wildman–Crippen LogP) is 10.5. The molecule has 4 rings (SSSR count). The maximum atomic E-state index is 14.5. The standard InChI is InChI=1S/C40H62O4S/c1-13-37(5,6)29-21-25(22-30(35(29)41)38(7,8)14-2)27-17-18-28(34-20-19-33(27)45(34,43)44)26-23-31(39(9,10)15-3)36(42)32(24-26)40(11,12)16-4/h21-24,27-28,33-34,41-42H,13-20H2,1-12H3. The first-order chi connectivity index (χ1) is 20.7. The first-order valence-corrected chi connectivity index (χ1v) is 19.3. The number of sulfone groups is 1. The number of benzene rings is 2. The van der Waals surface area contributed by atoms with Crippen LogP contribution < -0.4 is 0 Å². The maximum Gasteiger partial charge on any atom is 0.157 e. The number of phenolic OH excluding ortho intramolecular Hbond substituents is 2. The van der Waals surface area contributed by atoms with Crippen molar-refractivity contribution in [3.63, 3.8) is 0 Å². The van der Waals surface area contributed by atoms with Crippen LogP contribution in [0.2, 0.25) is 0 Å². The highest BCUT2D eigenvalue weighted by Crippen LogP contribution is 2.53. The van der Waals surface area contributed by atoms with Crippen molar-refractivity contribution in [1.82, 2.24) is 0 Å². The normalized spacial score (nSPS) is 24.1. The number of phenols is 2. The summed E-state index contributed by atoms with van der Waals surface area (Å²) in [5, 5.41) is 22.4. The molecular weight excluding hydrogens is 577 g/mol. The third kappa shape index (κ3) is 6.21. The van der Waals surface area contributed by atoms with E-state index in [1.165, 1.54) is 0 Å². The van der Waals surface area contributed by atoms with Crippen molar-refractivity contribution in [2.45, 2.75) is 178 Å². The fourth-order valence-corrected chi connectivity index (χ4v) is 10.7. The van der Waals surface area contributed by atoms with Crippen molar-refractivity contribution < 1.29 is 18.6 Å². The minimum Gasteiger partial charge on any atom is -0.507 e. The molecule has 2 aliphatic heterocycles. The first-order valence-electron chi connectivity index (χ1n) is 17.7. The zero-order valence-corrected chi connectivity index (χ0v) is 31.2. The van der Waals surface area contributed by atoms with Gasteiger partial charge in [-0.2, -0.15) is 0 Å². The van der Waals surface area contributed by atoms with Crippen LogP contribution in [0.3, 0.4) is 0 Å². The molecule has 252 valence electrons. The summed E-state index contributed by atoms with van der Waals surface area (Å²) >= 11 is 0. The Morgan fingerprint density at radius 2 is 0.778 bits per heavy atom. The van der Waals surface area contributed by atoms with Gasteiger partial charge in [0.15, 0.2) is 9.84 Å². The van der Waals surface area contributed by atoms with Gasteiger partial charge < -0.3 is 10.2 Å². The van der Waals surface area contributed by atoms with Gasteiger partial charge in [0, 0.05) is 34.1 Å². The Morgan fingerprint density at radius 3 is 1.00 bits per heavy atom. The largest absolute Gasteiger partial charge is 0.507 e. The number of hydrogen-bond donors (Lipinski definition) is 2. The van der Waals surface area contributed by atoms with E-state index >= 15 is 0 Å². The molecule has 2 heterocycles. The monoisotopic (exact) mass is 638 g/mol. The Balaban J connectivity index is 1.91. The zero-order chi connectivity index (χ0) is 33.9. The Bertz CT molecular complexity index is 1330. The SMILES string of the molecule is CCC(C)(C)c1cc(C2CCC(c3cc(C(C)(C)CC)c(O)c(C(C)(C)CC)c3)C3CCC2S3(=O)=O)cc(C(C)(C)CC)c1O. The van der Waals surface area contributed by atoms with Crippen LogP contribution in [0.25, 0.3) is 0 Å². The highest BCUT2D eigenvalue weighted by atomic mass is 32.2. The maximum absolute atomic E-state index is 14.5. The second-order valence-electron chi connectivity index (χ2n) is 16.9. The van der Waals surface area contributed by atoms with E-state index in [9.17, 15) is 18.6 Å². The van der Waals surface area contributed by atoms with E-state index in [4.69, 9.17) is 0 Å². The summed E-state index contributed by atoms with van der Waals surface area (Å²) in [6.45, 7) is 26.0. The summed E-state index contributed by atoms with van der Waals surface area (Å²) in [6, 6.07) is 8.58. The van der Waals surface area contributed by atoms with E-state index in [0.717, 1.165) is 71.9 Å². The van der Waals surface area contributed by atoms with Crippen LogP contribution in [0.15, 0.2) is 24.3 Å². The summed E-state index contributed by atoms with van der Waals surface area (Å²) in [5.74, 6) is 0.520. The topological polar surface area (TPSA) is 74.6 Å². The smallest absolute Gasteiger partial charge is 0.157 e. The van der Waals surface area contributed by atoms with E-state index in [0.29, 0.717) is 24.3 Å². The third-order valence-electron chi connectivity index (χ3n) is 12.8. The molecule has 2 N–H and O–H groups in total. The Labute approximate surface area is 275 Å². The number of hydrogen-bond acceptors (Lipinski definition) is 4. The molecular formula is C40H62O4S. The summed E-state index contributed by atoms with van der Waals surface area (Å²) in [4.78, 5) is 0. The van der Waals surface area contributed by atoms with Crippen molar-refractivity contribution in [3.8, 4) is 11.5 Å². The highest BCUT2D eigenvalue weighted by Gasteiger charge is 2.51. The molecule has 5 heteroatoms. The van der Waals surface area contributed by atoms with Gasteiger partial charge in [0.1, 0.15) is 11.5 Å². The van der Waals surface area contributed by atoms with Gasteiger partial charge in [-0.3, -0.25) is 0 Å². The molecule has 2 fully saturated rings. The molecule has 0 radical (unpaired) electrons. The lowest BCUT2D eigenvalue weighted by molar-refractivity contribution is 0.395. The number of aromatic hydroxyl groups is 2. The summed E-state index contributed by atoms with van der Waals surface area (Å²) in [6.07, 6.45) is 6.42. The molecule has 0 spiro atoms. The summed E-state index contributed by atoms with van der Waals surface area (Å²) in [7, 11) is -3.42. The zero-order valence-electron chi connectivity index (χ0n) is 30.4. The average Bonchev–Trinajstić information content (AvgIpc) is 3.22. The molecule has 4 unspecified atom stereocenters. The molecule has 45 heavy (non-hydrogen) atoms. The minimum atomic E-state index is -3.42. The van der Waals surface area contributed by atoms with Crippen molar-refractivity contribution in [2.75, 3.05) is 0 Å². The van der Waals surface area contributed by atoms with Crippen molar-refractivity contribution >= 4 is 9.84 Å². The lowest BCUT2D eigenvalue weighted by Gasteiger charge is -2.34. The van der Waals surface area contributed by atoms with Gasteiger partial charge in [0.25, 0.3) is 0 Å². The third-order valence-corrected chi connectivity index (χ3v) is 15.7. The quantitative estimate of drug-likeness (QED) is 0.272. The predicted molar refractivity (Wildman–Crippen MR) is 190 cm³/mol. The summed E-state index contributed by atoms with van der Waals surface area (Å²) in [5.41, 5.74) is 4.93. The van der Waals surface area contributed by atoms with Gasteiger partial charge in [-0.05, 0) is 84.2 Å². The minimum absolute atomic E-state index is 0.112. The van der Waals surface area contributed by atoms with Gasteiger partial charge in [0.2, 0.25) is 0 Å². The lowest BCUT2D eigenvalue weighted by atomic mass is 9.71. The van der Waals surface area contributed by atoms with E-state index in [1.807, 2.05) is 0 Å². The van der Waals surface area contributed by atoms with Gasteiger partial charge in [-0.15, -0.1) is 0 Å². The molecule has 2 aromatic rings. The van der Waals surface area contributed by atoms with Crippen LogP contribution in [0.1, 0.15) is 180 Å². The van der Waals surface area contributed by atoms with Crippen LogP contribution in [0.5, 0.6) is 11.5 Å². The highest BCUT2D eigenvalue weighted by molar-refractivity contribution is 7.93. The molecule has 0 amide bonds. The van der Waals surface area contributed by atoms with Crippen molar-refractivity contribution in [2.24, 2.45) is 0 Å². The van der Waals surface area contributed by atoms with E-state index in [-0.39, 0.29) is 33.5 Å². The fourth-order valence-electron chi connectivity index (χ4n) is 7.80. The molecule has 4 nitrogen and oxygen atoms in total. The first kappa shape index (κ1) is 35.8. The summed E-state index contributed by atoms with van der Waals surface area (Å²) < 4.78 is 29.1. The van der Waals surface area contributed by atoms with Crippen LogP contribution in [-0.2, 0) is 31.5 Å². The van der Waals surface area contributed by atoms with E-state index < -0.39 is 20.3 Å². The molecule has 2 aromatic carbocycles. The molecule has 0 saturated carbocycles. The molecule has 2 aliphatic rings.